The second kappa shape index (κ2) is 36.0. The molecule has 4 aliphatic carbocycles. The van der Waals surface area contributed by atoms with Crippen molar-refractivity contribution in [2.45, 2.75) is 226 Å². The van der Waals surface area contributed by atoms with Gasteiger partial charge in [-0.2, -0.15) is 0 Å². The van der Waals surface area contributed by atoms with Crippen molar-refractivity contribution in [3.05, 3.63) is 24.3 Å². The van der Waals surface area contributed by atoms with Crippen LogP contribution in [0.25, 0.3) is 0 Å². The lowest BCUT2D eigenvalue weighted by molar-refractivity contribution is -0.173. The molecule has 0 unspecified atom stereocenters. The van der Waals surface area contributed by atoms with E-state index in [1.807, 2.05) is 12.2 Å². The van der Waals surface area contributed by atoms with E-state index < -0.39 is 35.9 Å². The van der Waals surface area contributed by atoms with E-state index in [4.69, 9.17) is 28.4 Å². The quantitative estimate of drug-likeness (QED) is 0.0245. The van der Waals surface area contributed by atoms with E-state index >= 15 is 0 Å². The van der Waals surface area contributed by atoms with E-state index in [0.717, 1.165) is 70.6 Å². The molecule has 4 fully saturated rings. The van der Waals surface area contributed by atoms with E-state index in [1.54, 1.807) is 0 Å². The van der Waals surface area contributed by atoms with Gasteiger partial charge in [-0.3, -0.25) is 33.6 Å². The lowest BCUT2D eigenvalue weighted by atomic mass is 9.49. The highest BCUT2D eigenvalue weighted by Crippen LogP contribution is 2.61. The van der Waals surface area contributed by atoms with Crippen LogP contribution >= 0.6 is 0 Å². The number of esters is 6. The summed E-state index contributed by atoms with van der Waals surface area (Å²) in [6, 6.07) is 0. The standard InChI is InChI=1S/C57H92O13/c1-4-7-10-13-15-17-24-33-65-50(59)27-20-22-29-52(61)67-42-57(44-69-54(63)32-31-49(58)26-19-12-9-6-3,45-70-55(64)41-56-38-46-35-47(39-56)37-48(36-46)40-56)43-68-53(62)30-23-21-28-51(60)66-34-25-18-16-14-11-8-5-2/h15-18,46-48H,4-14,19-45H2,1-3H3/b17-15-,18-16-. The summed E-state index contributed by atoms with van der Waals surface area (Å²) in [5.41, 5.74) is -1.55. The van der Waals surface area contributed by atoms with Gasteiger partial charge in [0.15, 0.2) is 0 Å². The fraction of sp³-hybridized carbons (Fsp3) is 0.807. The zero-order valence-electron chi connectivity index (χ0n) is 43.7. The first-order chi connectivity index (χ1) is 33.9. The molecule has 4 bridgehead atoms. The molecule has 0 saturated heterocycles. The van der Waals surface area contributed by atoms with Crippen LogP contribution in [-0.2, 0) is 62.0 Å². The number of ketones is 1. The van der Waals surface area contributed by atoms with E-state index in [0.29, 0.717) is 75.9 Å². The van der Waals surface area contributed by atoms with E-state index in [9.17, 15) is 33.6 Å². The summed E-state index contributed by atoms with van der Waals surface area (Å²) in [6.07, 6.45) is 31.5. The highest BCUT2D eigenvalue weighted by molar-refractivity contribution is 5.83. The van der Waals surface area contributed by atoms with Crippen molar-refractivity contribution in [3.8, 4) is 0 Å². The first-order valence-electron chi connectivity index (χ1n) is 27.6. The Balaban J connectivity index is 1.61. The average Bonchev–Trinajstić information content (AvgIpc) is 3.33. The van der Waals surface area contributed by atoms with Crippen molar-refractivity contribution in [2.75, 3.05) is 39.6 Å². The van der Waals surface area contributed by atoms with E-state index in [2.05, 4.69) is 32.9 Å². The molecule has 13 nitrogen and oxygen atoms in total. The molecule has 4 aliphatic rings. The average molecular weight is 985 g/mol. The number of carbonyl (C=O) groups is 7. The molecule has 398 valence electrons. The second-order valence-electron chi connectivity index (χ2n) is 21.0. The fourth-order valence-corrected chi connectivity index (χ4v) is 10.6. The predicted molar refractivity (Wildman–Crippen MR) is 269 cm³/mol. The fourth-order valence-electron chi connectivity index (χ4n) is 10.6. The van der Waals surface area contributed by atoms with Crippen molar-refractivity contribution < 1.29 is 62.0 Å². The molecule has 0 spiro atoms. The summed E-state index contributed by atoms with van der Waals surface area (Å²) < 4.78 is 34.0. The Morgan fingerprint density at radius 2 is 0.757 bits per heavy atom. The second-order valence-corrected chi connectivity index (χ2v) is 21.0. The van der Waals surface area contributed by atoms with Gasteiger partial charge in [0.2, 0.25) is 0 Å². The van der Waals surface area contributed by atoms with Crippen LogP contribution in [0.1, 0.15) is 226 Å². The van der Waals surface area contributed by atoms with Gasteiger partial charge in [0.25, 0.3) is 0 Å². The number of ether oxygens (including phenoxy) is 6. The zero-order chi connectivity index (χ0) is 50.7. The minimum Gasteiger partial charge on any atom is -0.465 e. The van der Waals surface area contributed by atoms with Gasteiger partial charge in [-0.15, -0.1) is 0 Å². The Morgan fingerprint density at radius 3 is 1.19 bits per heavy atom. The van der Waals surface area contributed by atoms with Crippen molar-refractivity contribution in [2.24, 2.45) is 28.6 Å². The smallest absolute Gasteiger partial charge is 0.306 e. The Kier molecular flexibility index (Phi) is 31.0. The first-order valence-corrected chi connectivity index (χ1v) is 27.6. The van der Waals surface area contributed by atoms with Crippen molar-refractivity contribution >= 4 is 41.6 Å². The third-order valence-electron chi connectivity index (χ3n) is 14.2. The topological polar surface area (TPSA) is 175 Å². The van der Waals surface area contributed by atoms with Crippen LogP contribution in [0.2, 0.25) is 0 Å². The molecule has 0 N–H and O–H groups in total. The van der Waals surface area contributed by atoms with Crippen LogP contribution < -0.4 is 0 Å². The molecule has 4 saturated carbocycles. The van der Waals surface area contributed by atoms with Crippen LogP contribution in [0, 0.1) is 28.6 Å². The first kappa shape index (κ1) is 60.3. The number of hydrogen-bond donors (Lipinski definition) is 0. The maximum absolute atomic E-state index is 13.8. The van der Waals surface area contributed by atoms with Crippen molar-refractivity contribution in [1.82, 2.24) is 0 Å². The third kappa shape index (κ3) is 27.0. The Bertz CT molecular complexity index is 1520. The number of allylic oxidation sites excluding steroid dienone is 2. The van der Waals surface area contributed by atoms with Crippen LogP contribution in [0.3, 0.4) is 0 Å². The molecule has 0 atom stereocenters. The van der Waals surface area contributed by atoms with Gasteiger partial charge >= 0.3 is 35.8 Å². The minimum absolute atomic E-state index is 0.00616. The number of Topliss-reactive ketones (excluding diaryl/α,β-unsaturated/α-hetero) is 1. The Labute approximate surface area is 421 Å². The lowest BCUT2D eigenvalue weighted by Gasteiger charge is -2.56. The molecule has 70 heavy (non-hydrogen) atoms. The molecule has 0 aromatic heterocycles. The molecule has 0 heterocycles. The molecular formula is C57H92O13. The highest BCUT2D eigenvalue weighted by Gasteiger charge is 2.52. The minimum atomic E-state index is -1.45. The Morgan fingerprint density at radius 1 is 0.400 bits per heavy atom. The zero-order valence-corrected chi connectivity index (χ0v) is 43.7. The van der Waals surface area contributed by atoms with Crippen molar-refractivity contribution in [3.63, 3.8) is 0 Å². The maximum Gasteiger partial charge on any atom is 0.306 e. The lowest BCUT2D eigenvalue weighted by Crippen LogP contribution is -2.47. The van der Waals surface area contributed by atoms with Crippen LogP contribution in [-0.4, -0.2) is 81.2 Å². The summed E-state index contributed by atoms with van der Waals surface area (Å²) in [5.74, 6) is -0.985. The largest absolute Gasteiger partial charge is 0.465 e. The molecule has 4 rings (SSSR count). The summed E-state index contributed by atoms with van der Waals surface area (Å²) >= 11 is 0. The van der Waals surface area contributed by atoms with E-state index in [-0.39, 0.29) is 87.9 Å². The Hall–Kier alpha value is -4.03. The molecule has 0 amide bonds. The van der Waals surface area contributed by atoms with Gasteiger partial charge in [-0.1, -0.05) is 90.0 Å². The summed E-state index contributed by atoms with van der Waals surface area (Å²) in [7, 11) is 0. The van der Waals surface area contributed by atoms with Crippen LogP contribution in [0.4, 0.5) is 0 Å². The summed E-state index contributed by atoms with van der Waals surface area (Å²) in [4.78, 5) is 90.7. The van der Waals surface area contributed by atoms with Gasteiger partial charge in [-0.05, 0) is 132 Å². The van der Waals surface area contributed by atoms with Crippen LogP contribution in [0.5, 0.6) is 0 Å². The van der Waals surface area contributed by atoms with Gasteiger partial charge in [-0.25, -0.2) is 0 Å². The third-order valence-corrected chi connectivity index (χ3v) is 14.2. The normalized spacial score (nSPS) is 19.3. The molecule has 13 heteroatoms. The monoisotopic (exact) mass is 985 g/mol. The molecule has 0 radical (unpaired) electrons. The molecule has 0 aliphatic heterocycles. The number of unbranched alkanes of at least 4 members (excludes halogenated alkanes) is 11. The van der Waals surface area contributed by atoms with E-state index in [1.165, 1.54) is 44.9 Å². The summed E-state index contributed by atoms with van der Waals surface area (Å²) in [6.45, 7) is 5.51. The van der Waals surface area contributed by atoms with Gasteiger partial charge in [0, 0.05) is 38.5 Å². The number of rotatable bonds is 42. The maximum atomic E-state index is 13.8. The summed E-state index contributed by atoms with van der Waals surface area (Å²) in [5, 5.41) is 0. The predicted octanol–water partition coefficient (Wildman–Crippen LogP) is 12.3. The van der Waals surface area contributed by atoms with Gasteiger partial charge < -0.3 is 28.4 Å². The highest BCUT2D eigenvalue weighted by atomic mass is 16.6. The van der Waals surface area contributed by atoms with Gasteiger partial charge in [0.05, 0.1) is 26.1 Å². The number of carbonyl (C=O) groups excluding carboxylic acids is 7. The molecular weight excluding hydrogens is 893 g/mol. The molecule has 0 aromatic carbocycles. The number of hydrogen-bond acceptors (Lipinski definition) is 13. The van der Waals surface area contributed by atoms with Crippen LogP contribution in [0.15, 0.2) is 24.3 Å². The van der Waals surface area contributed by atoms with Gasteiger partial charge in [0.1, 0.15) is 37.6 Å². The molecule has 0 aromatic rings. The van der Waals surface area contributed by atoms with Crippen molar-refractivity contribution in [1.29, 1.82) is 0 Å². The SMILES string of the molecule is CCCCC/C=C\CCOC(=O)CCCCC(=O)OCC(COC(=O)CCCCC(=O)OCC/C=C\CCCCC)(COC(=O)CCC(=O)CCCCCC)COC(=O)CC12CC3CC(CC(C3)C1)C2.